The third-order valence-electron chi connectivity index (χ3n) is 5.13. The lowest BCUT2D eigenvalue weighted by atomic mass is 9.96. The molecule has 1 fully saturated rings. The summed E-state index contributed by atoms with van der Waals surface area (Å²) in [5.74, 6) is -0.900. The van der Waals surface area contributed by atoms with E-state index >= 15 is 0 Å². The summed E-state index contributed by atoms with van der Waals surface area (Å²) in [5, 5.41) is 16.0. The van der Waals surface area contributed by atoms with Crippen molar-refractivity contribution in [1.82, 2.24) is 14.7 Å². The maximum absolute atomic E-state index is 13.1. The Morgan fingerprint density at radius 1 is 1.30 bits per heavy atom. The molecule has 1 aliphatic rings. The van der Waals surface area contributed by atoms with Crippen molar-refractivity contribution >= 4 is 38.9 Å². The molecule has 1 aromatic carbocycles. The second-order valence-corrected chi connectivity index (χ2v) is 8.22. The molecule has 0 atom stereocenters. The number of nitrogens with one attached hydrogen (secondary N) is 2. The van der Waals surface area contributed by atoms with Crippen LogP contribution in [0.5, 0.6) is 5.75 Å². The van der Waals surface area contributed by atoms with Crippen molar-refractivity contribution in [1.29, 1.82) is 0 Å². The van der Waals surface area contributed by atoms with E-state index < -0.39 is 22.8 Å². The molecule has 10 heteroatoms. The summed E-state index contributed by atoms with van der Waals surface area (Å²) in [6.07, 6.45) is 4.62. The summed E-state index contributed by atoms with van der Waals surface area (Å²) < 4.78 is 1.31. The lowest BCUT2D eigenvalue weighted by Crippen LogP contribution is -2.35. The molecule has 3 N–H and O–H groups in total. The SMILES string of the molecule is [C-]#[N+]c1cc(Nc2c(Br)c(=O)[nH]n(C3CCCCC3)c2=O)c(O)c(C(=O)N(C)C)c1. The summed E-state index contributed by atoms with van der Waals surface area (Å²) in [7, 11) is 3.05. The Bertz CT molecular complexity index is 1140. The third-order valence-corrected chi connectivity index (χ3v) is 5.89. The maximum atomic E-state index is 13.1. The molecule has 1 aliphatic carbocycles. The Labute approximate surface area is 181 Å². The zero-order valence-corrected chi connectivity index (χ0v) is 18.2. The minimum Gasteiger partial charge on any atom is -0.505 e. The van der Waals surface area contributed by atoms with Crippen molar-refractivity contribution in [2.45, 2.75) is 38.1 Å². The van der Waals surface area contributed by atoms with E-state index in [1.807, 2.05) is 0 Å². The average molecular weight is 476 g/mol. The van der Waals surface area contributed by atoms with Crippen molar-refractivity contribution in [2.24, 2.45) is 0 Å². The van der Waals surface area contributed by atoms with Gasteiger partial charge in [0, 0.05) is 14.1 Å². The number of aromatic amines is 1. The van der Waals surface area contributed by atoms with Crippen molar-refractivity contribution in [2.75, 3.05) is 19.4 Å². The highest BCUT2D eigenvalue weighted by atomic mass is 79.9. The molecule has 2 aromatic rings. The van der Waals surface area contributed by atoms with Crippen LogP contribution in [0.25, 0.3) is 4.85 Å². The van der Waals surface area contributed by atoms with Crippen LogP contribution in [0, 0.1) is 6.57 Å². The summed E-state index contributed by atoms with van der Waals surface area (Å²) in [6, 6.07) is 2.50. The highest BCUT2D eigenvalue weighted by Crippen LogP contribution is 2.36. The van der Waals surface area contributed by atoms with E-state index in [0.29, 0.717) is 0 Å². The normalized spacial score (nSPS) is 14.2. The van der Waals surface area contributed by atoms with E-state index in [9.17, 15) is 19.5 Å². The Kier molecular flexibility index (Phi) is 6.31. The molecule has 0 saturated heterocycles. The maximum Gasteiger partial charge on any atom is 0.290 e. The van der Waals surface area contributed by atoms with Gasteiger partial charge in [-0.05, 0) is 40.9 Å². The van der Waals surface area contributed by atoms with Crippen molar-refractivity contribution < 1.29 is 9.90 Å². The predicted molar refractivity (Wildman–Crippen MR) is 117 cm³/mol. The minimum absolute atomic E-state index is 0.00714. The van der Waals surface area contributed by atoms with E-state index in [1.165, 1.54) is 35.8 Å². The van der Waals surface area contributed by atoms with Gasteiger partial charge in [0.2, 0.25) is 0 Å². The molecule has 1 saturated carbocycles. The largest absolute Gasteiger partial charge is 0.505 e. The lowest BCUT2D eigenvalue weighted by Gasteiger charge is -2.24. The Balaban J connectivity index is 2.13. The fraction of sp³-hybridized carbons (Fsp3) is 0.400. The molecule has 0 spiro atoms. The number of rotatable bonds is 4. The molecule has 30 heavy (non-hydrogen) atoms. The summed E-state index contributed by atoms with van der Waals surface area (Å²) in [4.78, 5) is 42.6. The molecule has 158 valence electrons. The lowest BCUT2D eigenvalue weighted by molar-refractivity contribution is 0.0825. The van der Waals surface area contributed by atoms with Gasteiger partial charge in [-0.15, -0.1) is 0 Å². The molecule has 1 amide bonds. The molecule has 0 unspecified atom stereocenters. The van der Waals surface area contributed by atoms with Gasteiger partial charge in [-0.1, -0.05) is 19.3 Å². The minimum atomic E-state index is -0.495. The van der Waals surface area contributed by atoms with Crippen molar-refractivity contribution in [3.8, 4) is 5.75 Å². The first-order chi connectivity index (χ1) is 14.2. The van der Waals surface area contributed by atoms with Crippen LogP contribution in [0.2, 0.25) is 0 Å². The first-order valence-electron chi connectivity index (χ1n) is 9.52. The van der Waals surface area contributed by atoms with Gasteiger partial charge in [-0.2, -0.15) is 0 Å². The molecule has 3 rings (SSSR count). The van der Waals surface area contributed by atoms with E-state index in [2.05, 4.69) is 31.2 Å². The van der Waals surface area contributed by atoms with Crippen LogP contribution in [0.1, 0.15) is 48.5 Å². The van der Waals surface area contributed by atoms with Gasteiger partial charge in [0.05, 0.1) is 23.9 Å². The molecule has 0 radical (unpaired) electrons. The smallest absolute Gasteiger partial charge is 0.290 e. The first-order valence-corrected chi connectivity index (χ1v) is 10.3. The van der Waals surface area contributed by atoms with Gasteiger partial charge in [0.15, 0.2) is 5.69 Å². The fourth-order valence-corrected chi connectivity index (χ4v) is 3.92. The number of amides is 1. The van der Waals surface area contributed by atoms with Gasteiger partial charge in [-0.3, -0.25) is 19.5 Å². The topological polar surface area (TPSA) is 112 Å². The van der Waals surface area contributed by atoms with Gasteiger partial charge < -0.3 is 15.3 Å². The Hall–Kier alpha value is -3.06. The number of benzene rings is 1. The number of anilines is 2. The van der Waals surface area contributed by atoms with E-state index in [4.69, 9.17) is 6.57 Å². The number of aromatic hydroxyl groups is 1. The highest BCUT2D eigenvalue weighted by Gasteiger charge is 2.23. The standard InChI is InChI=1S/C20H22BrN5O4/c1-22-11-9-13(19(29)25(2)3)17(27)14(10-11)23-16-15(21)18(28)24-26(20(16)30)12-7-5-4-6-8-12/h9-10,12,23,27H,4-8H2,2-3H3,(H,24,28). The van der Waals surface area contributed by atoms with Gasteiger partial charge in [0.25, 0.3) is 17.0 Å². The Morgan fingerprint density at radius 2 is 1.97 bits per heavy atom. The number of aromatic nitrogens is 2. The third kappa shape index (κ3) is 4.11. The van der Waals surface area contributed by atoms with Crippen LogP contribution < -0.4 is 16.4 Å². The van der Waals surface area contributed by atoms with Gasteiger partial charge in [-0.25, -0.2) is 9.53 Å². The van der Waals surface area contributed by atoms with E-state index in [0.717, 1.165) is 32.1 Å². The van der Waals surface area contributed by atoms with Crippen LogP contribution in [0.3, 0.4) is 0 Å². The summed E-state index contributed by atoms with van der Waals surface area (Å²) >= 11 is 3.14. The molecule has 9 nitrogen and oxygen atoms in total. The van der Waals surface area contributed by atoms with Crippen LogP contribution in [-0.4, -0.2) is 39.8 Å². The second-order valence-electron chi connectivity index (χ2n) is 7.42. The number of hydrogen-bond acceptors (Lipinski definition) is 5. The second kappa shape index (κ2) is 8.75. The molecule has 0 bridgehead atoms. The number of halogens is 1. The van der Waals surface area contributed by atoms with E-state index in [1.54, 1.807) is 0 Å². The molecular weight excluding hydrogens is 454 g/mol. The first kappa shape index (κ1) is 21.6. The number of nitrogens with zero attached hydrogens (tertiary/aromatic N) is 3. The van der Waals surface area contributed by atoms with Crippen molar-refractivity contribution in [3.63, 3.8) is 0 Å². The number of hydrogen-bond donors (Lipinski definition) is 3. The molecule has 0 aliphatic heterocycles. The van der Waals surface area contributed by atoms with E-state index in [-0.39, 0.29) is 33.1 Å². The zero-order valence-electron chi connectivity index (χ0n) is 16.7. The van der Waals surface area contributed by atoms with Gasteiger partial charge >= 0.3 is 0 Å². The number of carbonyl (C=O) groups excluding carboxylic acids is 1. The molecular formula is C20H22BrN5O4. The number of phenols is 1. The summed E-state index contributed by atoms with van der Waals surface area (Å²) in [5.41, 5.74) is -0.995. The average Bonchev–Trinajstić information content (AvgIpc) is 2.74. The van der Waals surface area contributed by atoms with Crippen molar-refractivity contribution in [3.05, 3.63) is 54.3 Å². The number of H-pyrrole nitrogens is 1. The van der Waals surface area contributed by atoms with Crippen LogP contribution in [0.4, 0.5) is 17.1 Å². The predicted octanol–water partition coefficient (Wildman–Crippen LogP) is 3.51. The molecule has 1 aromatic heterocycles. The molecule has 1 heterocycles. The monoisotopic (exact) mass is 475 g/mol. The summed E-state index contributed by atoms with van der Waals surface area (Å²) in [6.45, 7) is 7.28. The van der Waals surface area contributed by atoms with Crippen LogP contribution in [0.15, 0.2) is 26.2 Å². The quantitative estimate of drug-likeness (QED) is 0.462. The van der Waals surface area contributed by atoms with Gasteiger partial charge in [0.1, 0.15) is 15.9 Å². The Morgan fingerprint density at radius 3 is 2.57 bits per heavy atom. The number of phenolic OH excluding ortho intramolecular Hbond substituents is 1. The van der Waals surface area contributed by atoms with Crippen LogP contribution >= 0.6 is 15.9 Å². The number of carbonyl (C=O) groups is 1. The fourth-order valence-electron chi connectivity index (χ4n) is 3.56. The highest BCUT2D eigenvalue weighted by molar-refractivity contribution is 9.10. The van der Waals surface area contributed by atoms with Crippen LogP contribution in [-0.2, 0) is 0 Å². The zero-order chi connectivity index (χ0) is 22.0.